The molecule has 0 radical (unpaired) electrons. The zero-order chi connectivity index (χ0) is 21.5. The molecule has 0 fully saturated rings. The molecular formula is C25H20BrN3O2. The van der Waals surface area contributed by atoms with Gasteiger partial charge in [0.05, 0.1) is 12.7 Å². The highest BCUT2D eigenvalue weighted by Gasteiger charge is 2.04. The molecule has 4 rings (SSSR count). The molecule has 1 aromatic heterocycles. The number of carbonyl (C=O) groups excluding carboxylic acids is 1. The molecule has 0 aliphatic rings. The van der Waals surface area contributed by atoms with Gasteiger partial charge in [-0.05, 0) is 53.6 Å². The first-order valence-electron chi connectivity index (χ1n) is 9.79. The highest BCUT2D eigenvalue weighted by atomic mass is 79.9. The zero-order valence-corrected chi connectivity index (χ0v) is 18.3. The second-order valence-corrected chi connectivity index (χ2v) is 7.87. The molecule has 0 atom stereocenters. The number of halogens is 1. The third-order valence-corrected chi connectivity index (χ3v) is 5.12. The Kier molecular flexibility index (Phi) is 6.69. The molecule has 154 valence electrons. The van der Waals surface area contributed by atoms with Gasteiger partial charge in [0.2, 0.25) is 0 Å². The summed E-state index contributed by atoms with van der Waals surface area (Å²) >= 11 is 3.37. The number of allylic oxidation sites excluding steroid dienone is 1. The highest BCUT2D eigenvalue weighted by molar-refractivity contribution is 9.10. The van der Waals surface area contributed by atoms with Gasteiger partial charge in [-0.1, -0.05) is 69.7 Å². The van der Waals surface area contributed by atoms with Gasteiger partial charge in [-0.25, -0.2) is 4.68 Å². The molecule has 4 aromatic rings. The Morgan fingerprint density at radius 1 is 0.968 bits per heavy atom. The number of ether oxygens (including phenoxy) is 1. The van der Waals surface area contributed by atoms with Crippen LogP contribution in [0, 0.1) is 0 Å². The van der Waals surface area contributed by atoms with Crippen LogP contribution in [0.2, 0.25) is 0 Å². The lowest BCUT2D eigenvalue weighted by molar-refractivity contribution is 0.104. The number of nitrogens with zero attached hydrogens (tertiary/aromatic N) is 3. The summed E-state index contributed by atoms with van der Waals surface area (Å²) < 4.78 is 8.55. The summed E-state index contributed by atoms with van der Waals surface area (Å²) in [5.74, 6) is 0.695. The van der Waals surface area contributed by atoms with Crippen LogP contribution in [0.3, 0.4) is 0 Å². The van der Waals surface area contributed by atoms with Crippen molar-refractivity contribution in [3.05, 3.63) is 118 Å². The molecule has 0 saturated carbocycles. The Morgan fingerprint density at radius 3 is 2.45 bits per heavy atom. The predicted molar refractivity (Wildman–Crippen MR) is 124 cm³/mol. The van der Waals surface area contributed by atoms with Crippen molar-refractivity contribution in [2.45, 2.75) is 13.2 Å². The van der Waals surface area contributed by atoms with Gasteiger partial charge in [-0.2, -0.15) is 0 Å². The lowest BCUT2D eigenvalue weighted by Crippen LogP contribution is -2.00. The quantitative estimate of drug-likeness (QED) is 0.248. The van der Waals surface area contributed by atoms with Crippen LogP contribution < -0.4 is 4.74 Å². The van der Waals surface area contributed by atoms with Crippen molar-refractivity contribution in [2.75, 3.05) is 0 Å². The van der Waals surface area contributed by atoms with Gasteiger partial charge >= 0.3 is 0 Å². The molecule has 31 heavy (non-hydrogen) atoms. The van der Waals surface area contributed by atoms with Crippen LogP contribution in [0.15, 0.2) is 95.6 Å². The van der Waals surface area contributed by atoms with Crippen LogP contribution in [-0.2, 0) is 13.2 Å². The minimum absolute atomic E-state index is 0.0357. The Bertz CT molecular complexity index is 1170. The Labute approximate surface area is 189 Å². The fraction of sp³-hybridized carbons (Fsp3) is 0.0800. The van der Waals surface area contributed by atoms with Gasteiger partial charge < -0.3 is 4.74 Å². The summed E-state index contributed by atoms with van der Waals surface area (Å²) in [6, 6.07) is 25.0. The minimum Gasteiger partial charge on any atom is -0.487 e. The summed E-state index contributed by atoms with van der Waals surface area (Å²) in [6.45, 7) is 1.01. The third-order valence-electron chi connectivity index (χ3n) is 4.60. The van der Waals surface area contributed by atoms with Crippen molar-refractivity contribution in [3.8, 4) is 5.75 Å². The largest absolute Gasteiger partial charge is 0.487 e. The number of hydrogen-bond acceptors (Lipinski definition) is 4. The van der Waals surface area contributed by atoms with Crippen molar-refractivity contribution in [1.82, 2.24) is 15.0 Å². The minimum atomic E-state index is -0.0357. The van der Waals surface area contributed by atoms with Crippen molar-refractivity contribution >= 4 is 27.8 Å². The van der Waals surface area contributed by atoms with E-state index in [0.717, 1.165) is 21.5 Å². The molecule has 0 aliphatic heterocycles. The fourth-order valence-electron chi connectivity index (χ4n) is 2.97. The Morgan fingerprint density at radius 2 is 1.71 bits per heavy atom. The molecule has 0 amide bonds. The third kappa shape index (κ3) is 5.99. The summed E-state index contributed by atoms with van der Waals surface area (Å²) in [5, 5.41) is 8.32. The van der Waals surface area contributed by atoms with E-state index < -0.39 is 0 Å². The van der Waals surface area contributed by atoms with Gasteiger partial charge in [0.25, 0.3) is 0 Å². The van der Waals surface area contributed by atoms with Gasteiger partial charge in [-0.3, -0.25) is 4.79 Å². The second-order valence-electron chi connectivity index (χ2n) is 6.96. The highest BCUT2D eigenvalue weighted by Crippen LogP contribution is 2.16. The van der Waals surface area contributed by atoms with E-state index in [2.05, 4.69) is 38.4 Å². The fourth-order valence-corrected chi connectivity index (χ4v) is 3.23. The van der Waals surface area contributed by atoms with E-state index in [-0.39, 0.29) is 5.78 Å². The monoisotopic (exact) mass is 473 g/mol. The maximum absolute atomic E-state index is 12.2. The lowest BCUT2D eigenvalue weighted by atomic mass is 10.1. The number of carbonyl (C=O) groups is 1. The lowest BCUT2D eigenvalue weighted by Gasteiger charge is -2.04. The molecule has 1 heterocycles. The van der Waals surface area contributed by atoms with E-state index >= 15 is 0 Å². The first-order valence-corrected chi connectivity index (χ1v) is 10.6. The molecule has 0 unspecified atom stereocenters. The summed E-state index contributed by atoms with van der Waals surface area (Å²) in [6.07, 6.45) is 5.26. The topological polar surface area (TPSA) is 57.0 Å². The van der Waals surface area contributed by atoms with Crippen molar-refractivity contribution in [1.29, 1.82) is 0 Å². The van der Waals surface area contributed by atoms with E-state index in [1.165, 1.54) is 5.56 Å². The van der Waals surface area contributed by atoms with Crippen molar-refractivity contribution in [3.63, 3.8) is 0 Å². The maximum atomic E-state index is 12.2. The van der Waals surface area contributed by atoms with Crippen LogP contribution in [0.1, 0.15) is 27.2 Å². The normalized spacial score (nSPS) is 11.0. The average Bonchev–Trinajstić information content (AvgIpc) is 3.25. The van der Waals surface area contributed by atoms with Gasteiger partial charge in [-0.15, -0.1) is 5.10 Å². The van der Waals surface area contributed by atoms with Crippen molar-refractivity contribution < 1.29 is 9.53 Å². The molecule has 0 N–H and O–H groups in total. The van der Waals surface area contributed by atoms with Gasteiger partial charge in [0.1, 0.15) is 18.1 Å². The molecule has 5 nitrogen and oxygen atoms in total. The van der Waals surface area contributed by atoms with E-state index in [4.69, 9.17) is 4.74 Å². The first-order chi connectivity index (χ1) is 15.2. The van der Waals surface area contributed by atoms with Crippen LogP contribution in [0.25, 0.3) is 6.08 Å². The molecular weight excluding hydrogens is 454 g/mol. The Hall–Kier alpha value is -3.51. The van der Waals surface area contributed by atoms with Gasteiger partial charge in [0, 0.05) is 10.0 Å². The molecule has 0 bridgehead atoms. The molecule has 6 heteroatoms. The number of rotatable bonds is 8. The maximum Gasteiger partial charge on any atom is 0.185 e. The molecule has 0 saturated heterocycles. The van der Waals surface area contributed by atoms with Gasteiger partial charge in [0.15, 0.2) is 5.78 Å². The number of aromatic nitrogens is 3. The van der Waals surface area contributed by atoms with E-state index in [1.807, 2.05) is 60.8 Å². The molecule has 0 aliphatic carbocycles. The SMILES string of the molecule is O=C(/C=C/c1ccc(OCc2cn(Cc3ccccc3)nn2)cc1)c1ccc(Br)cc1. The number of ketones is 1. The number of hydrogen-bond donors (Lipinski definition) is 0. The Balaban J connectivity index is 1.30. The van der Waals surface area contributed by atoms with Crippen LogP contribution in [0.5, 0.6) is 5.75 Å². The average molecular weight is 474 g/mol. The summed E-state index contributed by atoms with van der Waals surface area (Å²) in [4.78, 5) is 12.2. The smallest absolute Gasteiger partial charge is 0.185 e. The standard InChI is InChI=1S/C25H20BrN3O2/c26-22-11-9-21(10-12-22)25(30)15-8-19-6-13-24(14-7-19)31-18-23-17-29(28-27-23)16-20-4-2-1-3-5-20/h1-15,17H,16,18H2/b15-8+. The predicted octanol–water partition coefficient (Wildman–Crippen LogP) is 5.56. The van der Waals surface area contributed by atoms with Crippen LogP contribution in [-0.4, -0.2) is 20.8 Å². The van der Waals surface area contributed by atoms with E-state index in [0.29, 0.717) is 18.7 Å². The summed E-state index contributed by atoms with van der Waals surface area (Å²) in [5.41, 5.74) is 3.51. The number of benzene rings is 3. The summed E-state index contributed by atoms with van der Waals surface area (Å²) in [7, 11) is 0. The van der Waals surface area contributed by atoms with Crippen LogP contribution in [0.4, 0.5) is 0 Å². The molecule has 0 spiro atoms. The van der Waals surface area contributed by atoms with Crippen molar-refractivity contribution in [2.24, 2.45) is 0 Å². The zero-order valence-electron chi connectivity index (χ0n) is 16.7. The second kappa shape index (κ2) is 10.00. The van der Waals surface area contributed by atoms with E-state index in [9.17, 15) is 4.79 Å². The molecule has 3 aromatic carbocycles. The van der Waals surface area contributed by atoms with E-state index in [1.54, 1.807) is 29.0 Å². The first kappa shape index (κ1) is 20.8. The van der Waals surface area contributed by atoms with Crippen LogP contribution >= 0.6 is 15.9 Å².